The summed E-state index contributed by atoms with van der Waals surface area (Å²) in [5, 5.41) is 3.33. The molecule has 1 saturated heterocycles. The maximum atomic E-state index is 12.4. The molecule has 1 aromatic rings. The van der Waals surface area contributed by atoms with E-state index in [-0.39, 0.29) is 17.4 Å². The molecule has 2 rings (SSSR count). The van der Waals surface area contributed by atoms with Gasteiger partial charge in [0.15, 0.2) is 0 Å². The van der Waals surface area contributed by atoms with E-state index in [9.17, 15) is 4.79 Å². The molecular formula is C17H26N2O. The molecule has 0 spiro atoms. The summed E-state index contributed by atoms with van der Waals surface area (Å²) in [4.78, 5) is 14.3. The minimum atomic E-state index is -0.00255. The molecule has 0 aliphatic carbocycles. The van der Waals surface area contributed by atoms with E-state index in [4.69, 9.17) is 0 Å². The van der Waals surface area contributed by atoms with Gasteiger partial charge >= 0.3 is 0 Å². The Bertz CT molecular complexity index is 459. The SMILES string of the molecule is CCCNC1CCN(c2ccc(C(C)(C)C)cc2)C1=O. The van der Waals surface area contributed by atoms with Gasteiger partial charge in [0.25, 0.3) is 0 Å². The van der Waals surface area contributed by atoms with Crippen LogP contribution in [0.2, 0.25) is 0 Å². The Hall–Kier alpha value is -1.35. The first-order chi connectivity index (χ1) is 9.43. The number of hydrogen-bond donors (Lipinski definition) is 1. The lowest BCUT2D eigenvalue weighted by Crippen LogP contribution is -2.38. The minimum Gasteiger partial charge on any atom is -0.311 e. The van der Waals surface area contributed by atoms with E-state index < -0.39 is 0 Å². The van der Waals surface area contributed by atoms with Gasteiger partial charge in [0.05, 0.1) is 6.04 Å². The highest BCUT2D eigenvalue weighted by atomic mass is 16.2. The third-order valence-electron chi connectivity index (χ3n) is 3.89. The van der Waals surface area contributed by atoms with Crippen LogP contribution in [0.3, 0.4) is 0 Å². The van der Waals surface area contributed by atoms with E-state index in [0.717, 1.165) is 31.6 Å². The van der Waals surface area contributed by atoms with Crippen LogP contribution in [0.1, 0.15) is 46.1 Å². The molecule has 3 heteroatoms. The van der Waals surface area contributed by atoms with E-state index in [1.54, 1.807) is 0 Å². The summed E-state index contributed by atoms with van der Waals surface area (Å²) in [6.45, 7) is 10.5. The van der Waals surface area contributed by atoms with Crippen LogP contribution in [0.5, 0.6) is 0 Å². The molecule has 1 aliphatic heterocycles. The van der Waals surface area contributed by atoms with Crippen LogP contribution in [0.15, 0.2) is 24.3 Å². The van der Waals surface area contributed by atoms with Crippen LogP contribution in [0, 0.1) is 0 Å². The third-order valence-corrected chi connectivity index (χ3v) is 3.89. The van der Waals surface area contributed by atoms with Crippen LogP contribution < -0.4 is 10.2 Å². The van der Waals surface area contributed by atoms with Crippen molar-refractivity contribution in [3.63, 3.8) is 0 Å². The molecule has 20 heavy (non-hydrogen) atoms. The molecule has 1 unspecified atom stereocenters. The molecule has 0 bridgehead atoms. The predicted octanol–water partition coefficient (Wildman–Crippen LogP) is 3.09. The van der Waals surface area contributed by atoms with Gasteiger partial charge in [-0.05, 0) is 42.5 Å². The molecule has 0 aromatic heterocycles. The molecule has 1 atom stereocenters. The minimum absolute atomic E-state index is 0.00255. The molecule has 0 saturated carbocycles. The fourth-order valence-electron chi connectivity index (χ4n) is 2.59. The first kappa shape index (κ1) is 15.0. The largest absolute Gasteiger partial charge is 0.311 e. The molecule has 1 amide bonds. The number of anilines is 1. The molecule has 1 heterocycles. The van der Waals surface area contributed by atoms with E-state index in [2.05, 4.69) is 57.3 Å². The van der Waals surface area contributed by atoms with Crippen molar-refractivity contribution in [3.8, 4) is 0 Å². The molecule has 3 nitrogen and oxygen atoms in total. The van der Waals surface area contributed by atoms with E-state index in [1.807, 2.05) is 4.90 Å². The summed E-state index contributed by atoms with van der Waals surface area (Å²) in [6, 6.07) is 8.41. The Morgan fingerprint density at radius 3 is 2.45 bits per heavy atom. The van der Waals surface area contributed by atoms with Gasteiger partial charge in [-0.3, -0.25) is 4.79 Å². The predicted molar refractivity (Wildman–Crippen MR) is 84.2 cm³/mol. The van der Waals surface area contributed by atoms with Gasteiger partial charge in [0, 0.05) is 12.2 Å². The molecular weight excluding hydrogens is 248 g/mol. The lowest BCUT2D eigenvalue weighted by molar-refractivity contribution is -0.118. The first-order valence-electron chi connectivity index (χ1n) is 7.59. The molecule has 1 aromatic carbocycles. The zero-order chi connectivity index (χ0) is 14.8. The summed E-state index contributed by atoms with van der Waals surface area (Å²) in [7, 11) is 0. The van der Waals surface area contributed by atoms with Crippen molar-refractivity contribution in [1.82, 2.24) is 5.32 Å². The number of benzene rings is 1. The Morgan fingerprint density at radius 1 is 1.25 bits per heavy atom. The van der Waals surface area contributed by atoms with Crippen LogP contribution in [-0.2, 0) is 10.2 Å². The zero-order valence-electron chi connectivity index (χ0n) is 13.1. The molecule has 1 aliphatic rings. The highest BCUT2D eigenvalue weighted by Gasteiger charge is 2.31. The van der Waals surface area contributed by atoms with Crippen molar-refractivity contribution in [2.75, 3.05) is 18.0 Å². The van der Waals surface area contributed by atoms with Crippen LogP contribution in [0.4, 0.5) is 5.69 Å². The lowest BCUT2D eigenvalue weighted by atomic mass is 9.87. The fourth-order valence-corrected chi connectivity index (χ4v) is 2.59. The summed E-state index contributed by atoms with van der Waals surface area (Å²) < 4.78 is 0. The summed E-state index contributed by atoms with van der Waals surface area (Å²) in [6.07, 6.45) is 1.96. The van der Waals surface area contributed by atoms with Crippen molar-refractivity contribution in [1.29, 1.82) is 0 Å². The van der Waals surface area contributed by atoms with Crippen molar-refractivity contribution in [2.45, 2.75) is 52.0 Å². The van der Waals surface area contributed by atoms with E-state index in [0.29, 0.717) is 0 Å². The second kappa shape index (κ2) is 5.96. The molecule has 0 radical (unpaired) electrons. The van der Waals surface area contributed by atoms with Crippen LogP contribution in [0.25, 0.3) is 0 Å². The Morgan fingerprint density at radius 2 is 1.90 bits per heavy atom. The van der Waals surface area contributed by atoms with Crippen LogP contribution in [-0.4, -0.2) is 25.0 Å². The number of nitrogens with zero attached hydrogens (tertiary/aromatic N) is 1. The van der Waals surface area contributed by atoms with Crippen molar-refractivity contribution >= 4 is 11.6 Å². The normalized spacial score (nSPS) is 19.7. The Balaban J connectivity index is 2.07. The quantitative estimate of drug-likeness (QED) is 0.915. The number of carbonyl (C=O) groups excluding carboxylic acids is 1. The third kappa shape index (κ3) is 3.21. The Labute approximate surface area is 122 Å². The molecule has 1 fully saturated rings. The first-order valence-corrected chi connectivity index (χ1v) is 7.59. The number of rotatable bonds is 4. The topological polar surface area (TPSA) is 32.3 Å². The van der Waals surface area contributed by atoms with E-state index >= 15 is 0 Å². The van der Waals surface area contributed by atoms with Crippen molar-refractivity contribution < 1.29 is 4.79 Å². The van der Waals surface area contributed by atoms with Crippen molar-refractivity contribution in [2.24, 2.45) is 0 Å². The van der Waals surface area contributed by atoms with Gasteiger partial charge in [-0.15, -0.1) is 0 Å². The molecule has 110 valence electrons. The maximum Gasteiger partial charge on any atom is 0.244 e. The Kier molecular flexibility index (Phi) is 4.48. The van der Waals surface area contributed by atoms with Gasteiger partial charge in [-0.2, -0.15) is 0 Å². The molecule has 1 N–H and O–H groups in total. The monoisotopic (exact) mass is 274 g/mol. The van der Waals surface area contributed by atoms with Gasteiger partial charge in [0.2, 0.25) is 5.91 Å². The van der Waals surface area contributed by atoms with Gasteiger partial charge in [0.1, 0.15) is 0 Å². The number of amides is 1. The average molecular weight is 274 g/mol. The fraction of sp³-hybridized carbons (Fsp3) is 0.588. The van der Waals surface area contributed by atoms with Gasteiger partial charge in [-0.1, -0.05) is 39.8 Å². The summed E-state index contributed by atoms with van der Waals surface area (Å²) in [5.74, 6) is 0.210. The standard InChI is InChI=1S/C17H26N2O/c1-5-11-18-15-10-12-19(16(15)20)14-8-6-13(7-9-14)17(2,3)4/h6-9,15,18H,5,10-12H2,1-4H3. The maximum absolute atomic E-state index is 12.4. The zero-order valence-corrected chi connectivity index (χ0v) is 13.1. The second-order valence-electron chi connectivity index (χ2n) is 6.58. The highest BCUT2D eigenvalue weighted by molar-refractivity contribution is 5.99. The lowest BCUT2D eigenvalue weighted by Gasteiger charge is -2.22. The van der Waals surface area contributed by atoms with Gasteiger partial charge in [-0.25, -0.2) is 0 Å². The highest BCUT2D eigenvalue weighted by Crippen LogP contribution is 2.27. The number of hydrogen-bond acceptors (Lipinski definition) is 2. The van der Waals surface area contributed by atoms with Gasteiger partial charge < -0.3 is 10.2 Å². The van der Waals surface area contributed by atoms with Crippen LogP contribution >= 0.6 is 0 Å². The number of nitrogens with one attached hydrogen (secondary N) is 1. The summed E-state index contributed by atoms with van der Waals surface area (Å²) >= 11 is 0. The summed E-state index contributed by atoms with van der Waals surface area (Å²) in [5.41, 5.74) is 2.47. The average Bonchev–Trinajstić information content (AvgIpc) is 2.77. The van der Waals surface area contributed by atoms with E-state index in [1.165, 1.54) is 5.56 Å². The second-order valence-corrected chi connectivity index (χ2v) is 6.58. The smallest absolute Gasteiger partial charge is 0.244 e. The number of carbonyl (C=O) groups is 1. The van der Waals surface area contributed by atoms with Crippen molar-refractivity contribution in [3.05, 3.63) is 29.8 Å².